The van der Waals surface area contributed by atoms with Crippen molar-refractivity contribution in [3.05, 3.63) is 88.2 Å². The summed E-state index contributed by atoms with van der Waals surface area (Å²) in [6, 6.07) is 13.3. The van der Waals surface area contributed by atoms with Crippen molar-refractivity contribution in [1.29, 1.82) is 0 Å². The van der Waals surface area contributed by atoms with Crippen molar-refractivity contribution < 1.29 is 26.7 Å². The van der Waals surface area contributed by atoms with Gasteiger partial charge in [-0.1, -0.05) is 11.6 Å². The maximum atomic E-state index is 14.1. The molecule has 0 spiro atoms. The second kappa shape index (κ2) is 10.7. The van der Waals surface area contributed by atoms with Crippen LogP contribution in [-0.2, 0) is 0 Å². The summed E-state index contributed by atoms with van der Waals surface area (Å²) in [6.07, 6.45) is 0. The van der Waals surface area contributed by atoms with E-state index in [1.807, 2.05) is 4.90 Å². The number of anilines is 3. The molecule has 1 amide bonds. The van der Waals surface area contributed by atoms with Crippen LogP contribution in [0.25, 0.3) is 0 Å². The number of carbonyl (C=O) groups excluding carboxylic acids is 1. The van der Waals surface area contributed by atoms with E-state index in [0.29, 0.717) is 29.4 Å². The van der Waals surface area contributed by atoms with Crippen molar-refractivity contribution in [2.24, 2.45) is 0 Å². The standard InChI is InChI=1S/C24H18ClF5N4OS/c25-14-3-1-13(2-4-14)23(35)32-24(36)31-15-5-7-16(8-6-15)33-9-11-34(12-10-33)22-20(29)18(27)17(26)19(28)21(22)30/h1-8H,9-12H2,(H2,31,32,35,36). The van der Waals surface area contributed by atoms with Gasteiger partial charge in [0.15, 0.2) is 28.4 Å². The smallest absolute Gasteiger partial charge is 0.257 e. The number of rotatable bonds is 4. The zero-order valence-corrected chi connectivity index (χ0v) is 20.0. The summed E-state index contributed by atoms with van der Waals surface area (Å²) < 4.78 is 68.7. The van der Waals surface area contributed by atoms with Crippen LogP contribution in [-0.4, -0.2) is 37.2 Å². The Morgan fingerprint density at radius 3 is 1.81 bits per heavy atom. The van der Waals surface area contributed by atoms with Crippen molar-refractivity contribution in [2.45, 2.75) is 0 Å². The number of nitrogens with zero attached hydrogens (tertiary/aromatic N) is 2. The SMILES string of the molecule is O=C(NC(=S)Nc1ccc(N2CCN(c3c(F)c(F)c(F)c(F)c3F)CC2)cc1)c1ccc(Cl)cc1. The molecule has 2 N–H and O–H groups in total. The topological polar surface area (TPSA) is 47.6 Å². The summed E-state index contributed by atoms with van der Waals surface area (Å²) in [7, 11) is 0. The molecular formula is C24H18ClF5N4OS. The third-order valence-corrected chi connectivity index (χ3v) is 6.06. The number of nitrogens with one attached hydrogen (secondary N) is 2. The molecule has 5 nitrogen and oxygen atoms in total. The minimum absolute atomic E-state index is 0.0547. The molecule has 12 heteroatoms. The Hall–Kier alpha value is -3.44. The first kappa shape index (κ1) is 25.6. The van der Waals surface area contributed by atoms with Crippen LogP contribution in [0.2, 0.25) is 5.02 Å². The van der Waals surface area contributed by atoms with Gasteiger partial charge in [-0.3, -0.25) is 10.1 Å². The van der Waals surface area contributed by atoms with E-state index in [1.165, 1.54) is 0 Å². The van der Waals surface area contributed by atoms with Gasteiger partial charge >= 0.3 is 0 Å². The maximum Gasteiger partial charge on any atom is 0.257 e. The van der Waals surface area contributed by atoms with Crippen molar-refractivity contribution in [2.75, 3.05) is 41.3 Å². The molecule has 0 atom stereocenters. The van der Waals surface area contributed by atoms with E-state index in [-0.39, 0.29) is 18.2 Å². The molecule has 3 aromatic rings. The van der Waals surface area contributed by atoms with Crippen molar-refractivity contribution >= 4 is 51.9 Å². The van der Waals surface area contributed by atoms with Gasteiger partial charge < -0.3 is 15.1 Å². The normalized spacial score (nSPS) is 13.5. The molecule has 0 aromatic heterocycles. The third kappa shape index (κ3) is 5.36. The Bertz CT molecular complexity index is 1270. The summed E-state index contributed by atoms with van der Waals surface area (Å²) in [5.74, 6) is -10.2. The van der Waals surface area contributed by atoms with E-state index >= 15 is 0 Å². The van der Waals surface area contributed by atoms with Crippen molar-refractivity contribution in [1.82, 2.24) is 5.32 Å². The fourth-order valence-electron chi connectivity index (χ4n) is 3.75. The Morgan fingerprint density at radius 2 is 1.25 bits per heavy atom. The molecule has 0 radical (unpaired) electrons. The van der Waals surface area contributed by atoms with Gasteiger partial charge in [-0.15, -0.1) is 0 Å². The van der Waals surface area contributed by atoms with Gasteiger partial charge in [0, 0.05) is 48.1 Å². The highest BCUT2D eigenvalue weighted by molar-refractivity contribution is 7.80. The lowest BCUT2D eigenvalue weighted by Gasteiger charge is -2.37. The Morgan fingerprint density at radius 1 is 0.750 bits per heavy atom. The number of thiocarbonyl (C=S) groups is 1. The zero-order chi connectivity index (χ0) is 26.0. The van der Waals surface area contributed by atoms with Gasteiger partial charge in [-0.2, -0.15) is 0 Å². The molecule has 0 bridgehead atoms. The molecule has 1 aliphatic heterocycles. The van der Waals surface area contributed by atoms with E-state index in [0.717, 1.165) is 10.6 Å². The molecule has 1 saturated heterocycles. The second-order valence-corrected chi connectivity index (χ2v) is 8.70. The van der Waals surface area contributed by atoms with Crippen LogP contribution < -0.4 is 20.4 Å². The molecule has 1 aliphatic rings. The number of amides is 1. The fraction of sp³-hybridized carbons (Fsp3) is 0.167. The first-order valence-electron chi connectivity index (χ1n) is 10.6. The predicted molar refractivity (Wildman–Crippen MR) is 132 cm³/mol. The fourth-order valence-corrected chi connectivity index (χ4v) is 4.09. The first-order chi connectivity index (χ1) is 17.2. The number of piperazine rings is 1. The van der Waals surface area contributed by atoms with Crippen LogP contribution in [0.1, 0.15) is 10.4 Å². The average Bonchev–Trinajstić information content (AvgIpc) is 2.87. The molecule has 0 unspecified atom stereocenters. The van der Waals surface area contributed by atoms with Crippen molar-refractivity contribution in [3.8, 4) is 0 Å². The van der Waals surface area contributed by atoms with Gasteiger partial charge in [0.2, 0.25) is 5.82 Å². The van der Waals surface area contributed by atoms with Crippen LogP contribution in [0.3, 0.4) is 0 Å². The monoisotopic (exact) mass is 540 g/mol. The van der Waals surface area contributed by atoms with Crippen LogP contribution in [0.4, 0.5) is 39.0 Å². The molecule has 4 rings (SSSR count). The summed E-state index contributed by atoms with van der Waals surface area (Å²) in [5.41, 5.74) is 0.873. The molecule has 1 fully saturated rings. The number of carbonyl (C=O) groups is 1. The number of halogens is 6. The number of hydrogen-bond donors (Lipinski definition) is 2. The van der Waals surface area contributed by atoms with Gasteiger partial charge in [-0.05, 0) is 60.7 Å². The Kier molecular flexibility index (Phi) is 7.60. The van der Waals surface area contributed by atoms with E-state index in [9.17, 15) is 26.7 Å². The molecule has 0 aliphatic carbocycles. The minimum Gasteiger partial charge on any atom is -0.368 e. The highest BCUT2D eigenvalue weighted by atomic mass is 35.5. The van der Waals surface area contributed by atoms with Gasteiger partial charge in [-0.25, -0.2) is 22.0 Å². The van der Waals surface area contributed by atoms with Crippen LogP contribution in [0.5, 0.6) is 0 Å². The maximum absolute atomic E-state index is 14.1. The van der Waals surface area contributed by atoms with Crippen molar-refractivity contribution in [3.63, 3.8) is 0 Å². The average molecular weight is 541 g/mol. The highest BCUT2D eigenvalue weighted by Gasteiger charge is 2.30. The number of hydrogen-bond acceptors (Lipinski definition) is 4. The summed E-state index contributed by atoms with van der Waals surface area (Å²) >= 11 is 11.0. The Balaban J connectivity index is 1.34. The molecule has 36 heavy (non-hydrogen) atoms. The van der Waals surface area contributed by atoms with Gasteiger partial charge in [0.25, 0.3) is 5.91 Å². The van der Waals surface area contributed by atoms with Crippen LogP contribution >= 0.6 is 23.8 Å². The zero-order valence-electron chi connectivity index (χ0n) is 18.4. The van der Waals surface area contributed by atoms with E-state index in [1.54, 1.807) is 48.5 Å². The largest absolute Gasteiger partial charge is 0.368 e. The predicted octanol–water partition coefficient (Wildman–Crippen LogP) is 5.49. The quantitative estimate of drug-likeness (QED) is 0.198. The lowest BCUT2D eigenvalue weighted by atomic mass is 10.2. The highest BCUT2D eigenvalue weighted by Crippen LogP contribution is 2.31. The minimum atomic E-state index is -2.18. The summed E-state index contributed by atoms with van der Waals surface area (Å²) in [6.45, 7) is 0.696. The summed E-state index contributed by atoms with van der Waals surface area (Å²) in [5, 5.41) is 6.07. The van der Waals surface area contributed by atoms with Gasteiger partial charge in [0.05, 0.1) is 0 Å². The lowest BCUT2D eigenvalue weighted by Crippen LogP contribution is -2.47. The molecular weight excluding hydrogens is 523 g/mol. The molecule has 0 saturated carbocycles. The second-order valence-electron chi connectivity index (χ2n) is 7.85. The first-order valence-corrected chi connectivity index (χ1v) is 11.4. The van der Waals surface area contributed by atoms with E-state index in [4.69, 9.17) is 23.8 Å². The third-order valence-electron chi connectivity index (χ3n) is 5.61. The van der Waals surface area contributed by atoms with E-state index < -0.39 is 40.7 Å². The van der Waals surface area contributed by atoms with Crippen LogP contribution in [0, 0.1) is 29.1 Å². The molecule has 188 valence electrons. The van der Waals surface area contributed by atoms with Gasteiger partial charge in [0.1, 0.15) is 5.69 Å². The lowest BCUT2D eigenvalue weighted by molar-refractivity contribution is 0.0977. The van der Waals surface area contributed by atoms with E-state index in [2.05, 4.69) is 10.6 Å². The van der Waals surface area contributed by atoms with Crippen LogP contribution in [0.15, 0.2) is 48.5 Å². The Labute approximate surface area is 213 Å². The summed E-state index contributed by atoms with van der Waals surface area (Å²) in [4.78, 5) is 15.3. The molecule has 1 heterocycles. The molecule has 3 aromatic carbocycles. The number of benzene rings is 3.